The van der Waals surface area contributed by atoms with Crippen molar-refractivity contribution in [3.63, 3.8) is 0 Å². The van der Waals surface area contributed by atoms with Crippen molar-refractivity contribution < 1.29 is 17.9 Å². The Morgan fingerprint density at radius 3 is 2.27 bits per heavy atom. The lowest BCUT2D eigenvalue weighted by Gasteiger charge is -2.25. The van der Waals surface area contributed by atoms with Gasteiger partial charge in [-0.15, -0.1) is 0 Å². The van der Waals surface area contributed by atoms with Gasteiger partial charge in [0.05, 0.1) is 14.2 Å². The maximum atomic E-state index is 12.7. The van der Waals surface area contributed by atoms with Gasteiger partial charge in [0, 0.05) is 17.6 Å². The number of halogens is 1. The molecule has 1 atom stereocenters. The standard InChI is InChI=1S/C18H23ClN2O4S/c1-21(2)16(13-5-8-15(24-3)9-6-13)12-20-26(22,23)18-11-14(19)7-10-17(18)25-4/h5-11,16,20H,12H2,1-4H3. The monoisotopic (exact) mass is 398 g/mol. The van der Waals surface area contributed by atoms with Crippen molar-refractivity contribution in [3.05, 3.63) is 53.1 Å². The number of rotatable bonds is 8. The van der Waals surface area contributed by atoms with Gasteiger partial charge in [-0.1, -0.05) is 23.7 Å². The molecule has 2 rings (SSSR count). The summed E-state index contributed by atoms with van der Waals surface area (Å²) in [6.45, 7) is 0.192. The summed E-state index contributed by atoms with van der Waals surface area (Å²) in [7, 11) is 3.02. The number of nitrogens with one attached hydrogen (secondary N) is 1. The molecule has 0 saturated carbocycles. The second-order valence-electron chi connectivity index (χ2n) is 5.90. The van der Waals surface area contributed by atoms with Gasteiger partial charge in [0.25, 0.3) is 0 Å². The van der Waals surface area contributed by atoms with Gasteiger partial charge in [0.1, 0.15) is 16.4 Å². The lowest BCUT2D eigenvalue weighted by atomic mass is 10.1. The average molecular weight is 399 g/mol. The fraction of sp³-hybridized carbons (Fsp3) is 0.333. The van der Waals surface area contributed by atoms with Crippen LogP contribution in [0.5, 0.6) is 11.5 Å². The second-order valence-corrected chi connectivity index (χ2v) is 8.07. The van der Waals surface area contributed by atoms with E-state index in [9.17, 15) is 8.42 Å². The van der Waals surface area contributed by atoms with Crippen LogP contribution in [0.1, 0.15) is 11.6 Å². The zero-order valence-corrected chi connectivity index (χ0v) is 16.8. The first kappa shape index (κ1) is 20.5. The predicted octanol–water partition coefficient (Wildman–Crippen LogP) is 2.94. The minimum Gasteiger partial charge on any atom is -0.497 e. The van der Waals surface area contributed by atoms with E-state index in [1.807, 2.05) is 43.3 Å². The summed E-state index contributed by atoms with van der Waals surface area (Å²) < 4.78 is 38.4. The zero-order chi connectivity index (χ0) is 19.3. The first-order valence-corrected chi connectivity index (χ1v) is 9.78. The van der Waals surface area contributed by atoms with Crippen molar-refractivity contribution >= 4 is 21.6 Å². The molecule has 0 aliphatic rings. The van der Waals surface area contributed by atoms with Gasteiger partial charge >= 0.3 is 0 Å². The molecule has 0 saturated heterocycles. The molecule has 0 aromatic heterocycles. The zero-order valence-electron chi connectivity index (χ0n) is 15.2. The first-order chi connectivity index (χ1) is 12.3. The second kappa shape index (κ2) is 8.73. The Hall–Kier alpha value is -1.80. The van der Waals surface area contributed by atoms with Gasteiger partial charge < -0.3 is 14.4 Å². The molecule has 0 aliphatic heterocycles. The van der Waals surface area contributed by atoms with Gasteiger partial charge in [-0.3, -0.25) is 0 Å². The Bertz CT molecular complexity index is 839. The van der Waals surface area contributed by atoms with Gasteiger partial charge in [-0.05, 0) is 50.0 Å². The van der Waals surface area contributed by atoms with Gasteiger partial charge in [-0.25, -0.2) is 13.1 Å². The number of ether oxygens (including phenoxy) is 2. The van der Waals surface area contributed by atoms with E-state index in [0.29, 0.717) is 5.02 Å². The van der Waals surface area contributed by atoms with E-state index < -0.39 is 10.0 Å². The molecule has 142 valence electrons. The highest BCUT2D eigenvalue weighted by atomic mass is 35.5. The van der Waals surface area contributed by atoms with E-state index in [-0.39, 0.29) is 23.2 Å². The number of nitrogens with zero attached hydrogens (tertiary/aromatic N) is 1. The smallest absolute Gasteiger partial charge is 0.244 e. The molecular formula is C18H23ClN2O4S. The highest BCUT2D eigenvalue weighted by molar-refractivity contribution is 7.89. The van der Waals surface area contributed by atoms with E-state index in [0.717, 1.165) is 11.3 Å². The van der Waals surface area contributed by atoms with Crippen LogP contribution in [0, 0.1) is 0 Å². The summed E-state index contributed by atoms with van der Waals surface area (Å²) >= 11 is 5.95. The van der Waals surface area contributed by atoms with Crippen LogP contribution in [-0.2, 0) is 10.0 Å². The van der Waals surface area contributed by atoms with E-state index >= 15 is 0 Å². The van der Waals surface area contributed by atoms with Crippen LogP contribution in [0.15, 0.2) is 47.4 Å². The maximum absolute atomic E-state index is 12.7. The van der Waals surface area contributed by atoms with Crippen molar-refractivity contribution in [1.29, 1.82) is 0 Å². The number of benzene rings is 2. The number of hydrogen-bond acceptors (Lipinski definition) is 5. The quantitative estimate of drug-likeness (QED) is 0.740. The van der Waals surface area contributed by atoms with Crippen LogP contribution in [0.3, 0.4) is 0 Å². The third-order valence-electron chi connectivity index (χ3n) is 4.01. The predicted molar refractivity (Wildman–Crippen MR) is 103 cm³/mol. The average Bonchev–Trinajstić information content (AvgIpc) is 2.62. The minimum atomic E-state index is -3.79. The fourth-order valence-corrected chi connectivity index (χ4v) is 4.02. The largest absolute Gasteiger partial charge is 0.497 e. The maximum Gasteiger partial charge on any atom is 0.244 e. The Labute approximate surface area is 159 Å². The Balaban J connectivity index is 2.23. The van der Waals surface area contributed by atoms with E-state index in [4.69, 9.17) is 21.1 Å². The minimum absolute atomic E-state index is 0.0136. The Morgan fingerprint density at radius 1 is 1.08 bits per heavy atom. The normalized spacial score (nSPS) is 12.8. The summed E-state index contributed by atoms with van der Waals surface area (Å²) in [4.78, 5) is 1.96. The molecule has 0 fully saturated rings. The van der Waals surface area contributed by atoms with Gasteiger partial charge in [-0.2, -0.15) is 0 Å². The van der Waals surface area contributed by atoms with Crippen LogP contribution >= 0.6 is 11.6 Å². The third kappa shape index (κ3) is 4.88. The molecule has 2 aromatic rings. The molecule has 0 spiro atoms. The molecule has 0 aliphatic carbocycles. The Morgan fingerprint density at radius 2 is 1.73 bits per heavy atom. The molecule has 8 heteroatoms. The molecule has 0 radical (unpaired) electrons. The highest BCUT2D eigenvalue weighted by Gasteiger charge is 2.23. The van der Waals surface area contributed by atoms with Crippen LogP contribution in [-0.4, -0.2) is 48.2 Å². The van der Waals surface area contributed by atoms with E-state index in [1.165, 1.54) is 19.2 Å². The lowest BCUT2D eigenvalue weighted by molar-refractivity contribution is 0.299. The molecule has 0 amide bonds. The number of hydrogen-bond donors (Lipinski definition) is 1. The SMILES string of the molecule is COc1ccc(C(CNS(=O)(=O)c2cc(Cl)ccc2OC)N(C)C)cc1. The topological polar surface area (TPSA) is 67.9 Å². The van der Waals surface area contributed by atoms with Gasteiger partial charge in [0.15, 0.2) is 0 Å². The van der Waals surface area contributed by atoms with Gasteiger partial charge in [0.2, 0.25) is 10.0 Å². The van der Waals surface area contributed by atoms with E-state index in [1.54, 1.807) is 13.2 Å². The molecule has 1 N–H and O–H groups in total. The summed E-state index contributed by atoms with van der Waals surface area (Å²) in [6.07, 6.45) is 0. The van der Waals surface area contributed by atoms with E-state index in [2.05, 4.69) is 4.72 Å². The molecule has 6 nitrogen and oxygen atoms in total. The highest BCUT2D eigenvalue weighted by Crippen LogP contribution is 2.27. The summed E-state index contributed by atoms with van der Waals surface area (Å²) in [6, 6.07) is 11.9. The van der Waals surface area contributed by atoms with Crippen molar-refractivity contribution in [2.75, 3.05) is 34.9 Å². The number of methoxy groups -OCH3 is 2. The molecule has 0 heterocycles. The number of likely N-dealkylation sites (N-methyl/N-ethyl adjacent to an activating group) is 1. The summed E-state index contributed by atoms with van der Waals surface area (Å²) in [5.74, 6) is 0.989. The molecular weight excluding hydrogens is 376 g/mol. The summed E-state index contributed by atoms with van der Waals surface area (Å²) in [5, 5.41) is 0.325. The Kier molecular flexibility index (Phi) is 6.88. The van der Waals surface area contributed by atoms with Crippen molar-refractivity contribution in [3.8, 4) is 11.5 Å². The lowest BCUT2D eigenvalue weighted by Crippen LogP contribution is -2.34. The van der Waals surface area contributed by atoms with Crippen molar-refractivity contribution in [2.24, 2.45) is 0 Å². The third-order valence-corrected chi connectivity index (χ3v) is 5.69. The molecule has 0 bridgehead atoms. The first-order valence-electron chi connectivity index (χ1n) is 7.92. The molecule has 2 aromatic carbocycles. The summed E-state index contributed by atoms with van der Waals surface area (Å²) in [5.41, 5.74) is 0.969. The fourth-order valence-electron chi connectivity index (χ4n) is 2.55. The van der Waals surface area contributed by atoms with Crippen LogP contribution in [0.4, 0.5) is 0 Å². The van der Waals surface area contributed by atoms with Crippen LogP contribution in [0.25, 0.3) is 0 Å². The van der Waals surface area contributed by atoms with Crippen molar-refractivity contribution in [2.45, 2.75) is 10.9 Å². The molecule has 26 heavy (non-hydrogen) atoms. The molecule has 1 unspecified atom stereocenters. The van der Waals surface area contributed by atoms with Crippen LogP contribution in [0.2, 0.25) is 5.02 Å². The van der Waals surface area contributed by atoms with Crippen molar-refractivity contribution in [1.82, 2.24) is 9.62 Å². The number of sulfonamides is 1. The van der Waals surface area contributed by atoms with Crippen LogP contribution < -0.4 is 14.2 Å².